The Balaban J connectivity index is 1.67. The summed E-state index contributed by atoms with van der Waals surface area (Å²) in [6.07, 6.45) is -0.0296. The third-order valence-corrected chi connectivity index (χ3v) is 11.2. The standard InChI is InChI=1S/C24H39NO7/c1-5-25-10-21(11-30-2)7-6-15(26)23-13-8-12-14(31-3)9-22(28,16(13)17(12)27)24(29,20(23)25)19(32-4)18(21)23/h12-20,26-29H,5-11H2,1-4H3/t12?,13-,14+,15+,16-,17+,18-,19+,20-,21+,22-,23+,24+/m1/s1. The molecular formula is C24H39NO7. The van der Waals surface area contributed by atoms with Crippen LogP contribution in [0.5, 0.6) is 0 Å². The average Bonchev–Trinajstić information content (AvgIpc) is 3.14. The Bertz CT molecular complexity index is 798. The van der Waals surface area contributed by atoms with E-state index in [0.717, 1.165) is 13.0 Å². The lowest BCUT2D eigenvalue weighted by molar-refractivity contribution is -0.317. The minimum Gasteiger partial charge on any atom is -0.392 e. The van der Waals surface area contributed by atoms with Crippen molar-refractivity contribution in [1.29, 1.82) is 0 Å². The highest BCUT2D eigenvalue weighted by Crippen LogP contribution is 2.80. The summed E-state index contributed by atoms with van der Waals surface area (Å²) in [4.78, 5) is 2.28. The number of hydrogen-bond acceptors (Lipinski definition) is 8. The highest BCUT2D eigenvalue weighted by Gasteiger charge is 2.91. The van der Waals surface area contributed by atoms with Crippen LogP contribution in [0.15, 0.2) is 0 Å². The summed E-state index contributed by atoms with van der Waals surface area (Å²) in [5.41, 5.74) is -4.15. The Labute approximate surface area is 189 Å². The molecule has 8 nitrogen and oxygen atoms in total. The molecule has 8 heteroatoms. The topological polar surface area (TPSA) is 112 Å². The molecule has 182 valence electrons. The number of piperidine rings is 1. The fourth-order valence-corrected chi connectivity index (χ4v) is 10.7. The first-order chi connectivity index (χ1) is 15.2. The first kappa shape index (κ1) is 22.2. The third-order valence-electron chi connectivity index (χ3n) is 11.2. The summed E-state index contributed by atoms with van der Waals surface area (Å²) in [5, 5.41) is 48.5. The monoisotopic (exact) mass is 453 g/mol. The van der Waals surface area contributed by atoms with Gasteiger partial charge in [-0.05, 0) is 31.7 Å². The molecule has 5 saturated carbocycles. The van der Waals surface area contributed by atoms with Crippen molar-refractivity contribution in [2.24, 2.45) is 34.5 Å². The van der Waals surface area contributed by atoms with Gasteiger partial charge >= 0.3 is 0 Å². The van der Waals surface area contributed by atoms with Crippen LogP contribution in [0.3, 0.4) is 0 Å². The number of aliphatic hydroxyl groups is 4. The van der Waals surface area contributed by atoms with E-state index in [9.17, 15) is 20.4 Å². The third kappa shape index (κ3) is 1.99. The van der Waals surface area contributed by atoms with Crippen LogP contribution in [0.25, 0.3) is 0 Å². The molecule has 1 saturated heterocycles. The lowest BCUT2D eigenvalue weighted by Crippen LogP contribution is -2.81. The molecule has 1 unspecified atom stereocenters. The van der Waals surface area contributed by atoms with Gasteiger partial charge in [-0.2, -0.15) is 0 Å². The van der Waals surface area contributed by atoms with E-state index in [1.165, 1.54) is 0 Å². The molecule has 6 fully saturated rings. The molecule has 0 radical (unpaired) electrons. The number of likely N-dealkylation sites (N-methyl/N-ethyl adjacent to an activating group) is 1. The molecule has 1 heterocycles. The molecule has 7 bridgehead atoms. The summed E-state index contributed by atoms with van der Waals surface area (Å²) >= 11 is 0. The van der Waals surface area contributed by atoms with Crippen LogP contribution in [0.1, 0.15) is 32.6 Å². The minimum absolute atomic E-state index is 0.102. The van der Waals surface area contributed by atoms with E-state index >= 15 is 0 Å². The lowest BCUT2D eigenvalue weighted by atomic mass is 9.42. The number of likely N-dealkylation sites (tertiary alicyclic amines) is 1. The summed E-state index contributed by atoms with van der Waals surface area (Å²) in [5.74, 6) is -0.889. The Hall–Kier alpha value is -0.320. The van der Waals surface area contributed by atoms with Crippen molar-refractivity contribution in [2.75, 3.05) is 41.0 Å². The van der Waals surface area contributed by atoms with Crippen molar-refractivity contribution in [3.8, 4) is 0 Å². The highest BCUT2D eigenvalue weighted by atomic mass is 16.5. The Morgan fingerprint density at radius 2 is 1.84 bits per heavy atom. The second kappa shape index (κ2) is 6.66. The molecule has 1 aliphatic heterocycles. The van der Waals surface area contributed by atoms with Gasteiger partial charge in [-0.1, -0.05) is 6.92 Å². The normalized spacial score (nSPS) is 62.4. The van der Waals surface area contributed by atoms with Crippen molar-refractivity contribution in [2.45, 2.75) is 74.3 Å². The SMILES string of the molecule is CCN1C[C@]2(COC)CC[C@H](O)[C@]34[C@@H]5CC6[C@@H](OC)C[C@@](O)([C@H]5[C@H]6O)[C@@](O)([C@H]13)[C@@H](OC)[C@H]24. The maximum atomic E-state index is 12.8. The summed E-state index contributed by atoms with van der Waals surface area (Å²) in [6, 6.07) is -0.442. The van der Waals surface area contributed by atoms with Gasteiger partial charge in [0.2, 0.25) is 0 Å². The number of nitrogens with zero attached hydrogens (tertiary/aromatic N) is 1. The van der Waals surface area contributed by atoms with E-state index in [4.69, 9.17) is 14.2 Å². The number of hydrogen-bond donors (Lipinski definition) is 4. The van der Waals surface area contributed by atoms with Crippen LogP contribution in [0, 0.1) is 34.5 Å². The van der Waals surface area contributed by atoms with Gasteiger partial charge in [0, 0.05) is 62.9 Å². The highest BCUT2D eigenvalue weighted by molar-refractivity contribution is 5.41. The molecule has 4 N–H and O–H groups in total. The zero-order valence-electron chi connectivity index (χ0n) is 19.6. The molecule has 5 aliphatic carbocycles. The van der Waals surface area contributed by atoms with Crippen LogP contribution in [0.4, 0.5) is 0 Å². The van der Waals surface area contributed by atoms with E-state index in [0.29, 0.717) is 26.0 Å². The first-order valence-electron chi connectivity index (χ1n) is 12.3. The van der Waals surface area contributed by atoms with Crippen molar-refractivity contribution in [3.63, 3.8) is 0 Å². The largest absolute Gasteiger partial charge is 0.392 e. The molecule has 32 heavy (non-hydrogen) atoms. The van der Waals surface area contributed by atoms with E-state index in [1.807, 2.05) is 0 Å². The number of fused-ring (bicyclic) bond motifs is 2. The second-order valence-corrected chi connectivity index (χ2v) is 11.7. The van der Waals surface area contributed by atoms with Crippen LogP contribution >= 0.6 is 0 Å². The van der Waals surface area contributed by atoms with Gasteiger partial charge in [-0.15, -0.1) is 0 Å². The predicted molar refractivity (Wildman–Crippen MR) is 114 cm³/mol. The predicted octanol–water partition coefficient (Wildman–Crippen LogP) is -0.383. The number of ether oxygens (including phenoxy) is 3. The van der Waals surface area contributed by atoms with E-state index < -0.39 is 46.9 Å². The summed E-state index contributed by atoms with van der Waals surface area (Å²) in [6.45, 7) is 4.05. The lowest BCUT2D eigenvalue weighted by Gasteiger charge is -2.69. The quantitative estimate of drug-likeness (QED) is 0.446. The maximum Gasteiger partial charge on any atom is 0.136 e. The van der Waals surface area contributed by atoms with E-state index in [1.54, 1.807) is 21.3 Å². The average molecular weight is 454 g/mol. The number of aliphatic hydroxyl groups excluding tert-OH is 2. The number of rotatable bonds is 5. The van der Waals surface area contributed by atoms with Gasteiger partial charge in [-0.25, -0.2) is 0 Å². The molecular weight excluding hydrogens is 414 g/mol. The maximum absolute atomic E-state index is 12.8. The molecule has 0 aromatic carbocycles. The first-order valence-corrected chi connectivity index (χ1v) is 12.3. The van der Waals surface area contributed by atoms with E-state index in [2.05, 4.69) is 11.8 Å². The fraction of sp³-hybridized carbons (Fsp3) is 1.00. The van der Waals surface area contributed by atoms with Gasteiger partial charge in [0.15, 0.2) is 0 Å². The van der Waals surface area contributed by atoms with Gasteiger partial charge in [0.1, 0.15) is 11.2 Å². The smallest absolute Gasteiger partial charge is 0.136 e. The van der Waals surface area contributed by atoms with E-state index in [-0.39, 0.29) is 35.7 Å². The Morgan fingerprint density at radius 1 is 1.09 bits per heavy atom. The van der Waals surface area contributed by atoms with Crippen LogP contribution in [-0.4, -0.2) is 108 Å². The van der Waals surface area contributed by atoms with Crippen LogP contribution in [-0.2, 0) is 14.2 Å². The zero-order valence-corrected chi connectivity index (χ0v) is 19.6. The summed E-state index contributed by atoms with van der Waals surface area (Å²) in [7, 11) is 4.95. The Morgan fingerprint density at radius 3 is 2.47 bits per heavy atom. The van der Waals surface area contributed by atoms with Crippen LogP contribution < -0.4 is 0 Å². The minimum atomic E-state index is -1.63. The van der Waals surface area contributed by atoms with Gasteiger partial charge in [0.05, 0.1) is 37.1 Å². The number of methoxy groups -OCH3 is 3. The van der Waals surface area contributed by atoms with Crippen molar-refractivity contribution < 1.29 is 34.6 Å². The van der Waals surface area contributed by atoms with Crippen LogP contribution in [0.2, 0.25) is 0 Å². The van der Waals surface area contributed by atoms with Crippen molar-refractivity contribution in [3.05, 3.63) is 0 Å². The molecule has 1 spiro atoms. The molecule has 13 atom stereocenters. The zero-order chi connectivity index (χ0) is 22.8. The molecule has 6 aliphatic rings. The molecule has 0 aromatic heterocycles. The van der Waals surface area contributed by atoms with Gasteiger partial charge in [-0.3, -0.25) is 4.90 Å². The van der Waals surface area contributed by atoms with Gasteiger partial charge in [0.25, 0.3) is 0 Å². The van der Waals surface area contributed by atoms with Crippen molar-refractivity contribution in [1.82, 2.24) is 4.90 Å². The molecule has 6 rings (SSSR count). The molecule has 0 aromatic rings. The molecule has 0 amide bonds. The summed E-state index contributed by atoms with van der Waals surface area (Å²) < 4.78 is 17.7. The Kier molecular flexibility index (Phi) is 4.62. The van der Waals surface area contributed by atoms with Crippen molar-refractivity contribution >= 4 is 0 Å². The second-order valence-electron chi connectivity index (χ2n) is 11.7. The fourth-order valence-electron chi connectivity index (χ4n) is 10.7. The van der Waals surface area contributed by atoms with Gasteiger partial charge < -0.3 is 34.6 Å².